The molecule has 2 aromatic carbocycles. The summed E-state index contributed by atoms with van der Waals surface area (Å²) in [5.41, 5.74) is 1.06. The molecule has 29 heavy (non-hydrogen) atoms. The van der Waals surface area contributed by atoms with E-state index in [4.69, 9.17) is 14.2 Å². The van der Waals surface area contributed by atoms with E-state index in [0.717, 1.165) is 10.0 Å². The molecule has 0 aliphatic heterocycles. The van der Waals surface area contributed by atoms with Crippen molar-refractivity contribution in [1.29, 1.82) is 0 Å². The third-order valence-corrected chi connectivity index (χ3v) is 4.81. The van der Waals surface area contributed by atoms with E-state index >= 15 is 0 Å². The molecule has 9 heteroatoms. The van der Waals surface area contributed by atoms with E-state index in [-0.39, 0.29) is 24.6 Å². The Morgan fingerprint density at radius 1 is 1.10 bits per heavy atom. The molecule has 8 nitrogen and oxygen atoms in total. The highest BCUT2D eigenvalue weighted by Crippen LogP contribution is 2.38. The average molecular weight is 462 g/mol. The van der Waals surface area contributed by atoms with Crippen molar-refractivity contribution < 1.29 is 19.0 Å². The molecule has 0 radical (unpaired) electrons. The van der Waals surface area contributed by atoms with Crippen LogP contribution in [-0.2, 0) is 17.9 Å². The van der Waals surface area contributed by atoms with Crippen LogP contribution in [0.4, 0.5) is 0 Å². The molecular weight excluding hydrogens is 442 g/mol. The lowest BCUT2D eigenvalue weighted by Crippen LogP contribution is -2.32. The summed E-state index contributed by atoms with van der Waals surface area (Å²) in [5.74, 6) is 1.15. The number of nitrogens with one attached hydrogen (secondary N) is 1. The van der Waals surface area contributed by atoms with Crippen LogP contribution in [0.1, 0.15) is 5.56 Å². The van der Waals surface area contributed by atoms with Gasteiger partial charge in [-0.3, -0.25) is 14.2 Å². The highest BCUT2D eigenvalue weighted by Gasteiger charge is 2.14. The number of fused-ring (bicyclic) bond motifs is 1. The number of benzene rings is 2. The third kappa shape index (κ3) is 4.51. The van der Waals surface area contributed by atoms with Crippen LogP contribution in [0, 0.1) is 0 Å². The number of hydrogen-bond donors (Lipinski definition) is 1. The summed E-state index contributed by atoms with van der Waals surface area (Å²) in [5, 5.41) is 3.23. The van der Waals surface area contributed by atoms with Crippen LogP contribution in [0.15, 0.2) is 45.9 Å². The van der Waals surface area contributed by atoms with Crippen molar-refractivity contribution in [3.63, 3.8) is 0 Å². The Labute approximate surface area is 175 Å². The second kappa shape index (κ2) is 8.95. The molecule has 0 saturated carbocycles. The number of ether oxygens (including phenoxy) is 3. The summed E-state index contributed by atoms with van der Waals surface area (Å²) in [6.45, 7) is 0.0928. The Hall–Kier alpha value is -3.07. The van der Waals surface area contributed by atoms with Crippen molar-refractivity contribution in [2.45, 2.75) is 13.1 Å². The van der Waals surface area contributed by atoms with Crippen molar-refractivity contribution in [1.82, 2.24) is 14.9 Å². The zero-order valence-corrected chi connectivity index (χ0v) is 17.8. The van der Waals surface area contributed by atoms with Gasteiger partial charge in [0.1, 0.15) is 6.54 Å². The number of carbonyl (C=O) groups excluding carboxylic acids is 1. The summed E-state index contributed by atoms with van der Waals surface area (Å²) in [7, 11) is 4.57. The number of aromatic nitrogens is 2. The molecule has 0 atom stereocenters. The first-order valence-corrected chi connectivity index (χ1v) is 9.46. The number of amides is 1. The maximum Gasteiger partial charge on any atom is 0.261 e. The van der Waals surface area contributed by atoms with Crippen molar-refractivity contribution in [3.8, 4) is 17.2 Å². The minimum Gasteiger partial charge on any atom is -0.493 e. The topological polar surface area (TPSA) is 91.7 Å². The van der Waals surface area contributed by atoms with Crippen LogP contribution in [-0.4, -0.2) is 36.8 Å². The molecule has 0 aliphatic rings. The van der Waals surface area contributed by atoms with Crippen molar-refractivity contribution >= 4 is 32.7 Å². The minimum atomic E-state index is -0.322. The number of methoxy groups -OCH3 is 3. The first-order chi connectivity index (χ1) is 14.0. The summed E-state index contributed by atoms with van der Waals surface area (Å²) < 4.78 is 18.0. The zero-order valence-electron chi connectivity index (χ0n) is 16.2. The number of carbonyl (C=O) groups is 1. The normalized spacial score (nSPS) is 10.6. The van der Waals surface area contributed by atoms with E-state index in [1.165, 1.54) is 32.2 Å². The van der Waals surface area contributed by atoms with E-state index in [1.54, 1.807) is 24.3 Å². The highest BCUT2D eigenvalue weighted by atomic mass is 79.9. The van der Waals surface area contributed by atoms with E-state index in [1.807, 2.05) is 6.07 Å². The standard InChI is InChI=1S/C20H20BrN3O5/c1-27-16-6-12(7-17(28-2)19(16)29-3)9-22-18(25)10-24-11-23-15-5-4-13(21)8-14(15)20(24)26/h4-8,11H,9-10H2,1-3H3,(H,22,25). The van der Waals surface area contributed by atoms with Crippen molar-refractivity contribution in [3.05, 3.63) is 57.0 Å². The molecular formula is C20H20BrN3O5. The Kier molecular flexibility index (Phi) is 6.38. The van der Waals surface area contributed by atoms with Gasteiger partial charge in [-0.15, -0.1) is 0 Å². The van der Waals surface area contributed by atoms with Crippen LogP contribution in [0.2, 0.25) is 0 Å². The lowest BCUT2D eigenvalue weighted by atomic mass is 10.1. The molecule has 3 aromatic rings. The van der Waals surface area contributed by atoms with Crippen molar-refractivity contribution in [2.75, 3.05) is 21.3 Å². The predicted molar refractivity (Wildman–Crippen MR) is 112 cm³/mol. The fraction of sp³-hybridized carbons (Fsp3) is 0.250. The smallest absolute Gasteiger partial charge is 0.261 e. The first kappa shape index (κ1) is 20.7. The lowest BCUT2D eigenvalue weighted by molar-refractivity contribution is -0.121. The van der Waals surface area contributed by atoms with Crippen LogP contribution in [0.3, 0.4) is 0 Å². The zero-order chi connectivity index (χ0) is 21.0. The monoisotopic (exact) mass is 461 g/mol. The van der Waals surface area contributed by atoms with Crippen LogP contribution in [0.25, 0.3) is 10.9 Å². The molecule has 0 fully saturated rings. The van der Waals surface area contributed by atoms with Gasteiger partial charge in [0.2, 0.25) is 11.7 Å². The van der Waals surface area contributed by atoms with Gasteiger partial charge in [0, 0.05) is 11.0 Å². The second-order valence-corrected chi connectivity index (χ2v) is 7.07. The predicted octanol–water partition coefficient (Wildman–Crippen LogP) is 2.50. The third-order valence-electron chi connectivity index (χ3n) is 4.31. The van der Waals surface area contributed by atoms with Crippen LogP contribution >= 0.6 is 15.9 Å². The fourth-order valence-corrected chi connectivity index (χ4v) is 3.25. The summed E-state index contributed by atoms with van der Waals surface area (Å²) in [4.78, 5) is 29.2. The van der Waals surface area contributed by atoms with Gasteiger partial charge >= 0.3 is 0 Å². The quantitative estimate of drug-likeness (QED) is 0.580. The van der Waals surface area contributed by atoms with Gasteiger partial charge in [-0.25, -0.2) is 4.98 Å². The molecule has 0 unspecified atom stereocenters. The summed E-state index contributed by atoms with van der Waals surface area (Å²) >= 11 is 3.34. The van der Waals surface area contributed by atoms with Crippen LogP contribution in [0.5, 0.6) is 17.2 Å². The van der Waals surface area contributed by atoms with E-state index in [0.29, 0.717) is 28.2 Å². The fourth-order valence-electron chi connectivity index (χ4n) is 2.89. The number of hydrogen-bond acceptors (Lipinski definition) is 6. The molecule has 1 aromatic heterocycles. The Morgan fingerprint density at radius 2 is 1.79 bits per heavy atom. The summed E-state index contributed by atoms with van der Waals surface area (Å²) in [6, 6.07) is 8.75. The van der Waals surface area contributed by atoms with Gasteiger partial charge in [-0.05, 0) is 35.9 Å². The maximum absolute atomic E-state index is 12.6. The van der Waals surface area contributed by atoms with E-state index in [9.17, 15) is 9.59 Å². The molecule has 0 bridgehead atoms. The molecule has 0 aliphatic carbocycles. The number of halogens is 1. The van der Waals surface area contributed by atoms with Gasteiger partial charge < -0.3 is 19.5 Å². The lowest BCUT2D eigenvalue weighted by Gasteiger charge is -2.14. The highest BCUT2D eigenvalue weighted by molar-refractivity contribution is 9.10. The SMILES string of the molecule is COc1cc(CNC(=O)Cn2cnc3ccc(Br)cc3c2=O)cc(OC)c1OC. The minimum absolute atomic E-state index is 0.140. The molecule has 0 spiro atoms. The molecule has 1 N–H and O–H groups in total. The van der Waals surface area contributed by atoms with E-state index in [2.05, 4.69) is 26.2 Å². The molecule has 1 amide bonds. The molecule has 0 saturated heterocycles. The Bertz CT molecular complexity index is 1090. The average Bonchev–Trinajstić information content (AvgIpc) is 2.73. The molecule has 1 heterocycles. The first-order valence-electron chi connectivity index (χ1n) is 8.67. The maximum atomic E-state index is 12.6. The van der Waals surface area contributed by atoms with Crippen molar-refractivity contribution in [2.24, 2.45) is 0 Å². The Morgan fingerprint density at radius 3 is 2.41 bits per heavy atom. The molecule has 3 rings (SSSR count). The van der Waals surface area contributed by atoms with Gasteiger partial charge in [-0.1, -0.05) is 15.9 Å². The van der Waals surface area contributed by atoms with Crippen LogP contribution < -0.4 is 25.1 Å². The number of rotatable bonds is 7. The summed E-state index contributed by atoms with van der Waals surface area (Å²) in [6.07, 6.45) is 1.37. The molecule has 152 valence electrons. The number of nitrogens with zero attached hydrogens (tertiary/aromatic N) is 2. The Balaban J connectivity index is 1.74. The largest absolute Gasteiger partial charge is 0.493 e. The van der Waals surface area contributed by atoms with Gasteiger partial charge in [0.25, 0.3) is 5.56 Å². The van der Waals surface area contributed by atoms with Gasteiger partial charge in [0.15, 0.2) is 11.5 Å². The van der Waals surface area contributed by atoms with Gasteiger partial charge in [-0.2, -0.15) is 0 Å². The van der Waals surface area contributed by atoms with Gasteiger partial charge in [0.05, 0.1) is 38.6 Å². The van der Waals surface area contributed by atoms with E-state index < -0.39 is 0 Å². The second-order valence-electron chi connectivity index (χ2n) is 6.15.